The summed E-state index contributed by atoms with van der Waals surface area (Å²) in [5.41, 5.74) is -0.381. The van der Waals surface area contributed by atoms with Gasteiger partial charge in [-0.15, -0.1) is 0 Å². The molecule has 1 rings (SSSR count). The molecule has 1 aromatic carbocycles. The second-order valence-electron chi connectivity index (χ2n) is 3.39. The first-order chi connectivity index (χ1) is 8.99. The summed E-state index contributed by atoms with van der Waals surface area (Å²) in [7, 11) is 2.71. The maximum atomic E-state index is 11.7. The summed E-state index contributed by atoms with van der Waals surface area (Å²) in [4.78, 5) is 32.7. The van der Waals surface area contributed by atoms with E-state index < -0.39 is 23.4 Å². The van der Waals surface area contributed by atoms with Crippen molar-refractivity contribution < 1.29 is 24.0 Å². The fourth-order valence-corrected chi connectivity index (χ4v) is 1.25. The third-order valence-electron chi connectivity index (χ3n) is 2.23. The van der Waals surface area contributed by atoms with Crippen LogP contribution in [0.5, 0.6) is 5.75 Å². The largest absolute Gasteiger partial charge is 0.496 e. The smallest absolute Gasteiger partial charge is 0.342 e. The first kappa shape index (κ1) is 14.4. The van der Waals surface area contributed by atoms with Crippen LogP contribution in [-0.4, -0.2) is 37.6 Å². The van der Waals surface area contributed by atoms with Gasteiger partial charge in [0, 0.05) is 19.2 Å². The highest BCUT2D eigenvalue weighted by molar-refractivity contribution is 5.94. The molecule has 0 fully saturated rings. The van der Waals surface area contributed by atoms with Gasteiger partial charge in [-0.3, -0.25) is 14.9 Å². The van der Waals surface area contributed by atoms with Gasteiger partial charge >= 0.3 is 5.97 Å². The first-order valence-corrected chi connectivity index (χ1v) is 5.19. The molecule has 0 saturated heterocycles. The van der Waals surface area contributed by atoms with Crippen LogP contribution in [0.25, 0.3) is 0 Å². The number of nitrogens with zero attached hydrogens (tertiary/aromatic N) is 1. The standard InChI is InChI=1S/C11H12N2O6/c1-12-10(14)6-19-11(15)8-5-7(13(16)17)3-4-9(8)18-2/h3-5H,6H2,1-2H3,(H,12,14). The Morgan fingerprint density at radius 3 is 2.63 bits per heavy atom. The van der Waals surface area contributed by atoms with Gasteiger partial charge in [-0.25, -0.2) is 4.79 Å². The van der Waals surface area contributed by atoms with Gasteiger partial charge < -0.3 is 14.8 Å². The lowest BCUT2D eigenvalue weighted by atomic mass is 10.2. The van der Waals surface area contributed by atoms with E-state index in [1.165, 1.54) is 26.3 Å². The van der Waals surface area contributed by atoms with E-state index in [4.69, 9.17) is 9.47 Å². The van der Waals surface area contributed by atoms with Crippen molar-refractivity contribution >= 4 is 17.6 Å². The normalized spacial score (nSPS) is 9.58. The molecule has 8 heteroatoms. The van der Waals surface area contributed by atoms with Crippen molar-refractivity contribution in [3.8, 4) is 5.75 Å². The van der Waals surface area contributed by atoms with Gasteiger partial charge in [-0.2, -0.15) is 0 Å². The number of amides is 1. The number of hydrogen-bond donors (Lipinski definition) is 1. The predicted octanol–water partition coefficient (Wildman–Crippen LogP) is 0.506. The molecule has 0 aliphatic rings. The SMILES string of the molecule is CNC(=O)COC(=O)c1cc([N+](=O)[O-])ccc1OC. The number of ether oxygens (including phenoxy) is 2. The van der Waals surface area contributed by atoms with Crippen LogP contribution in [0, 0.1) is 10.1 Å². The predicted molar refractivity (Wildman–Crippen MR) is 64.0 cm³/mol. The molecule has 0 aromatic heterocycles. The molecule has 0 atom stereocenters. The first-order valence-electron chi connectivity index (χ1n) is 5.19. The summed E-state index contributed by atoms with van der Waals surface area (Å²) in [6.07, 6.45) is 0. The number of nitro benzene ring substituents is 1. The molecule has 1 amide bonds. The number of rotatable bonds is 5. The van der Waals surface area contributed by atoms with E-state index in [9.17, 15) is 19.7 Å². The van der Waals surface area contributed by atoms with E-state index in [0.717, 1.165) is 6.07 Å². The Kier molecular flexibility index (Phi) is 4.81. The van der Waals surface area contributed by atoms with Crippen molar-refractivity contribution in [2.45, 2.75) is 0 Å². The molecular weight excluding hydrogens is 256 g/mol. The molecule has 0 radical (unpaired) electrons. The second-order valence-corrected chi connectivity index (χ2v) is 3.39. The number of non-ortho nitro benzene ring substituents is 1. The Bertz CT molecular complexity index is 514. The average Bonchev–Trinajstić information content (AvgIpc) is 2.43. The number of nitro groups is 1. The zero-order valence-corrected chi connectivity index (χ0v) is 10.3. The summed E-state index contributed by atoms with van der Waals surface area (Å²) < 4.78 is 9.61. The van der Waals surface area contributed by atoms with Crippen LogP contribution in [0.15, 0.2) is 18.2 Å². The van der Waals surface area contributed by atoms with Crippen molar-refractivity contribution in [2.75, 3.05) is 20.8 Å². The van der Waals surface area contributed by atoms with Crippen LogP contribution in [0.2, 0.25) is 0 Å². The Morgan fingerprint density at radius 1 is 1.42 bits per heavy atom. The lowest BCUT2D eigenvalue weighted by Gasteiger charge is -2.08. The minimum atomic E-state index is -0.871. The highest BCUT2D eigenvalue weighted by Crippen LogP contribution is 2.24. The van der Waals surface area contributed by atoms with Gasteiger partial charge in [0.25, 0.3) is 11.6 Å². The second kappa shape index (κ2) is 6.34. The summed E-state index contributed by atoms with van der Waals surface area (Å²) in [6.45, 7) is -0.471. The Morgan fingerprint density at radius 2 is 2.11 bits per heavy atom. The molecule has 0 heterocycles. The summed E-state index contributed by atoms with van der Waals surface area (Å²) in [5.74, 6) is -1.23. The zero-order valence-electron chi connectivity index (χ0n) is 10.3. The lowest BCUT2D eigenvalue weighted by molar-refractivity contribution is -0.384. The Balaban J connectivity index is 2.96. The monoisotopic (exact) mass is 268 g/mol. The summed E-state index contributed by atoms with van der Waals surface area (Å²) in [6, 6.07) is 3.52. The third-order valence-corrected chi connectivity index (χ3v) is 2.23. The maximum Gasteiger partial charge on any atom is 0.342 e. The number of benzene rings is 1. The number of methoxy groups -OCH3 is 1. The topological polar surface area (TPSA) is 108 Å². The van der Waals surface area contributed by atoms with Crippen molar-refractivity contribution in [1.29, 1.82) is 0 Å². The van der Waals surface area contributed by atoms with Gasteiger partial charge in [0.2, 0.25) is 0 Å². The fraction of sp³-hybridized carbons (Fsp3) is 0.273. The van der Waals surface area contributed by atoms with Crippen molar-refractivity contribution in [3.63, 3.8) is 0 Å². The highest BCUT2D eigenvalue weighted by atomic mass is 16.6. The molecule has 0 saturated carbocycles. The zero-order chi connectivity index (χ0) is 14.4. The molecular formula is C11H12N2O6. The number of likely N-dealkylation sites (N-methyl/N-ethyl adjacent to an activating group) is 1. The molecule has 102 valence electrons. The molecule has 0 spiro atoms. The van der Waals surface area contributed by atoms with Gasteiger partial charge in [-0.05, 0) is 6.07 Å². The minimum Gasteiger partial charge on any atom is -0.496 e. The Labute approximate surface area is 108 Å². The lowest BCUT2D eigenvalue weighted by Crippen LogP contribution is -2.25. The number of carbonyl (C=O) groups is 2. The van der Waals surface area contributed by atoms with E-state index in [2.05, 4.69) is 5.32 Å². The maximum absolute atomic E-state index is 11.7. The summed E-state index contributed by atoms with van der Waals surface area (Å²) >= 11 is 0. The molecule has 0 bridgehead atoms. The number of carbonyl (C=O) groups excluding carboxylic acids is 2. The van der Waals surface area contributed by atoms with Crippen molar-refractivity contribution in [2.24, 2.45) is 0 Å². The number of esters is 1. The van der Waals surface area contributed by atoms with E-state index in [0.29, 0.717) is 0 Å². The van der Waals surface area contributed by atoms with Gasteiger partial charge in [-0.1, -0.05) is 0 Å². The fourth-order valence-electron chi connectivity index (χ4n) is 1.25. The molecule has 0 unspecified atom stereocenters. The number of nitrogens with one attached hydrogen (secondary N) is 1. The number of hydrogen-bond acceptors (Lipinski definition) is 6. The Hall–Kier alpha value is -2.64. The third kappa shape index (κ3) is 3.66. The van der Waals surface area contributed by atoms with Crippen LogP contribution in [-0.2, 0) is 9.53 Å². The van der Waals surface area contributed by atoms with E-state index in [-0.39, 0.29) is 17.0 Å². The average molecular weight is 268 g/mol. The quantitative estimate of drug-likeness (QED) is 0.473. The van der Waals surface area contributed by atoms with Gasteiger partial charge in [0.15, 0.2) is 6.61 Å². The molecule has 1 N–H and O–H groups in total. The van der Waals surface area contributed by atoms with Crippen LogP contribution < -0.4 is 10.1 Å². The van der Waals surface area contributed by atoms with Crippen molar-refractivity contribution in [3.05, 3.63) is 33.9 Å². The van der Waals surface area contributed by atoms with Crippen LogP contribution in [0.1, 0.15) is 10.4 Å². The van der Waals surface area contributed by atoms with Gasteiger partial charge in [0.1, 0.15) is 11.3 Å². The van der Waals surface area contributed by atoms with Crippen molar-refractivity contribution in [1.82, 2.24) is 5.32 Å². The van der Waals surface area contributed by atoms with E-state index in [1.54, 1.807) is 0 Å². The molecule has 19 heavy (non-hydrogen) atoms. The van der Waals surface area contributed by atoms with Crippen LogP contribution >= 0.6 is 0 Å². The van der Waals surface area contributed by atoms with E-state index in [1.807, 2.05) is 0 Å². The molecule has 0 aliphatic heterocycles. The van der Waals surface area contributed by atoms with Crippen LogP contribution in [0.3, 0.4) is 0 Å². The highest BCUT2D eigenvalue weighted by Gasteiger charge is 2.19. The molecule has 0 aliphatic carbocycles. The van der Waals surface area contributed by atoms with E-state index >= 15 is 0 Å². The van der Waals surface area contributed by atoms with Crippen LogP contribution in [0.4, 0.5) is 5.69 Å². The molecule has 8 nitrogen and oxygen atoms in total. The van der Waals surface area contributed by atoms with Gasteiger partial charge in [0.05, 0.1) is 12.0 Å². The molecule has 1 aromatic rings. The minimum absolute atomic E-state index is 0.111. The summed E-state index contributed by atoms with van der Waals surface area (Å²) in [5, 5.41) is 12.9.